The number of hydrogen-bond donors (Lipinski definition) is 1. The summed E-state index contributed by atoms with van der Waals surface area (Å²) >= 11 is 0. The van der Waals surface area contributed by atoms with Crippen molar-refractivity contribution < 1.29 is 9.53 Å². The molecule has 21 heavy (non-hydrogen) atoms. The van der Waals surface area contributed by atoms with Crippen LogP contribution in [-0.4, -0.2) is 24.7 Å². The molecular weight excluding hydrogens is 262 g/mol. The molecular formula is C18H35NO2. The third-order valence-corrected chi connectivity index (χ3v) is 5.01. The molecule has 124 valence electrons. The molecule has 1 amide bonds. The van der Waals surface area contributed by atoms with E-state index in [2.05, 4.69) is 39.6 Å². The lowest BCUT2D eigenvalue weighted by atomic mass is 9.67. The zero-order valence-electron chi connectivity index (χ0n) is 15.1. The quantitative estimate of drug-likeness (QED) is 0.610. The Hall–Kier alpha value is -0.830. The summed E-state index contributed by atoms with van der Waals surface area (Å²) in [4.78, 5) is 12.3. The summed E-state index contributed by atoms with van der Waals surface area (Å²) in [5.41, 5.74) is -0.383. The number of allylic oxidation sites excluding steroid dienone is 1. The third kappa shape index (κ3) is 5.46. The van der Waals surface area contributed by atoms with Crippen molar-refractivity contribution in [3.63, 3.8) is 0 Å². The topological polar surface area (TPSA) is 38.3 Å². The minimum atomic E-state index is -0.423. The molecule has 0 aliphatic carbocycles. The van der Waals surface area contributed by atoms with Gasteiger partial charge in [0.1, 0.15) is 0 Å². The standard InChI is InChI=1S/C18H35NO2/c1-9-14(10-2)18(7,12-4)15(11-3)19-16(20)13-17(5,6)21-8/h9,14-15H,1,10-13H2,2-8H3,(H,19,20). The number of carbonyl (C=O) groups is 1. The van der Waals surface area contributed by atoms with Crippen molar-refractivity contribution in [3.8, 4) is 0 Å². The molecule has 0 aliphatic rings. The summed E-state index contributed by atoms with van der Waals surface area (Å²) < 4.78 is 5.35. The highest BCUT2D eigenvalue weighted by molar-refractivity contribution is 5.77. The van der Waals surface area contributed by atoms with E-state index < -0.39 is 5.60 Å². The molecule has 0 saturated heterocycles. The van der Waals surface area contributed by atoms with Gasteiger partial charge in [0.15, 0.2) is 0 Å². The molecule has 3 atom stereocenters. The van der Waals surface area contributed by atoms with Gasteiger partial charge in [-0.15, -0.1) is 6.58 Å². The van der Waals surface area contributed by atoms with Crippen LogP contribution in [0.3, 0.4) is 0 Å². The van der Waals surface area contributed by atoms with Gasteiger partial charge >= 0.3 is 0 Å². The van der Waals surface area contributed by atoms with Gasteiger partial charge in [-0.1, -0.05) is 33.8 Å². The number of hydrogen-bond acceptors (Lipinski definition) is 2. The molecule has 0 saturated carbocycles. The predicted octanol–water partition coefficient (Wildman–Crippen LogP) is 4.32. The van der Waals surface area contributed by atoms with E-state index in [1.54, 1.807) is 7.11 Å². The van der Waals surface area contributed by atoms with Crippen LogP contribution in [0.15, 0.2) is 12.7 Å². The SMILES string of the molecule is C=CC(CC)C(C)(CC)C(CC)NC(=O)CC(C)(C)OC. The largest absolute Gasteiger partial charge is 0.378 e. The van der Waals surface area contributed by atoms with Crippen molar-refractivity contribution in [1.82, 2.24) is 5.32 Å². The number of methoxy groups -OCH3 is 1. The summed E-state index contributed by atoms with van der Waals surface area (Å²) in [7, 11) is 1.64. The van der Waals surface area contributed by atoms with E-state index in [1.807, 2.05) is 19.9 Å². The molecule has 0 aliphatic heterocycles. The molecule has 0 aromatic rings. The maximum atomic E-state index is 12.3. The van der Waals surface area contributed by atoms with Crippen LogP contribution in [0.25, 0.3) is 0 Å². The maximum Gasteiger partial charge on any atom is 0.223 e. The fraction of sp³-hybridized carbons (Fsp3) is 0.833. The second kappa shape index (κ2) is 8.57. The second-order valence-electron chi connectivity index (χ2n) is 6.78. The highest BCUT2D eigenvalue weighted by atomic mass is 16.5. The van der Waals surface area contributed by atoms with Gasteiger partial charge in [-0.05, 0) is 44.4 Å². The van der Waals surface area contributed by atoms with Gasteiger partial charge in [-0.2, -0.15) is 0 Å². The summed E-state index contributed by atoms with van der Waals surface area (Å²) in [6.07, 6.45) is 5.41. The Labute approximate surface area is 131 Å². The van der Waals surface area contributed by atoms with Gasteiger partial charge in [0, 0.05) is 13.2 Å². The van der Waals surface area contributed by atoms with E-state index in [-0.39, 0.29) is 17.4 Å². The summed E-state index contributed by atoms with van der Waals surface area (Å²) in [6.45, 7) is 16.6. The van der Waals surface area contributed by atoms with Crippen molar-refractivity contribution in [2.45, 2.75) is 78.9 Å². The van der Waals surface area contributed by atoms with Gasteiger partial charge in [0.05, 0.1) is 12.0 Å². The van der Waals surface area contributed by atoms with E-state index in [9.17, 15) is 4.79 Å². The van der Waals surface area contributed by atoms with Crippen molar-refractivity contribution in [3.05, 3.63) is 12.7 Å². The predicted molar refractivity (Wildman–Crippen MR) is 90.3 cm³/mol. The van der Waals surface area contributed by atoms with E-state index in [1.165, 1.54) is 0 Å². The summed E-state index contributed by atoms with van der Waals surface area (Å²) in [5.74, 6) is 0.468. The van der Waals surface area contributed by atoms with E-state index in [0.717, 1.165) is 19.3 Å². The zero-order valence-corrected chi connectivity index (χ0v) is 15.1. The molecule has 3 nitrogen and oxygen atoms in total. The molecule has 0 aromatic carbocycles. The Balaban J connectivity index is 5.05. The fourth-order valence-electron chi connectivity index (χ4n) is 3.11. The number of carbonyl (C=O) groups excluding carboxylic acids is 1. The van der Waals surface area contributed by atoms with Gasteiger partial charge in [-0.3, -0.25) is 4.79 Å². The first kappa shape index (κ1) is 20.2. The normalized spacial score (nSPS) is 17.7. The first-order valence-electron chi connectivity index (χ1n) is 8.17. The molecule has 0 spiro atoms. The van der Waals surface area contributed by atoms with Gasteiger partial charge in [0.25, 0.3) is 0 Å². The summed E-state index contributed by atoms with van der Waals surface area (Å²) in [6, 6.07) is 0.158. The summed E-state index contributed by atoms with van der Waals surface area (Å²) in [5, 5.41) is 3.23. The average Bonchev–Trinajstić information content (AvgIpc) is 2.45. The van der Waals surface area contributed by atoms with Gasteiger partial charge in [-0.25, -0.2) is 0 Å². The van der Waals surface area contributed by atoms with Crippen LogP contribution >= 0.6 is 0 Å². The Bertz CT molecular complexity index is 338. The maximum absolute atomic E-state index is 12.3. The minimum Gasteiger partial charge on any atom is -0.378 e. The lowest BCUT2D eigenvalue weighted by molar-refractivity contribution is -0.128. The van der Waals surface area contributed by atoms with Crippen LogP contribution < -0.4 is 5.32 Å². The number of amides is 1. The van der Waals surface area contributed by atoms with Crippen LogP contribution in [0.4, 0.5) is 0 Å². The van der Waals surface area contributed by atoms with Crippen LogP contribution in [0.2, 0.25) is 0 Å². The molecule has 0 rings (SSSR count). The molecule has 0 heterocycles. The molecule has 1 N–H and O–H groups in total. The number of ether oxygens (including phenoxy) is 1. The third-order valence-electron chi connectivity index (χ3n) is 5.01. The first-order chi connectivity index (χ1) is 9.70. The molecule has 0 radical (unpaired) electrons. The van der Waals surface area contributed by atoms with Crippen LogP contribution in [-0.2, 0) is 9.53 Å². The Kier molecular flexibility index (Phi) is 8.23. The van der Waals surface area contributed by atoms with Crippen LogP contribution in [0.1, 0.15) is 67.2 Å². The minimum absolute atomic E-state index is 0.0398. The lowest BCUT2D eigenvalue weighted by Gasteiger charge is -2.42. The van der Waals surface area contributed by atoms with Gasteiger partial charge < -0.3 is 10.1 Å². The van der Waals surface area contributed by atoms with E-state index in [0.29, 0.717) is 12.3 Å². The molecule has 0 aromatic heterocycles. The Morgan fingerprint density at radius 1 is 1.24 bits per heavy atom. The molecule has 3 heteroatoms. The van der Waals surface area contributed by atoms with E-state index >= 15 is 0 Å². The Morgan fingerprint density at radius 3 is 2.14 bits per heavy atom. The van der Waals surface area contributed by atoms with Crippen LogP contribution in [0, 0.1) is 11.3 Å². The fourth-order valence-corrected chi connectivity index (χ4v) is 3.11. The monoisotopic (exact) mass is 297 g/mol. The van der Waals surface area contributed by atoms with Crippen molar-refractivity contribution in [1.29, 1.82) is 0 Å². The number of nitrogens with one attached hydrogen (secondary N) is 1. The first-order valence-corrected chi connectivity index (χ1v) is 8.17. The highest BCUT2D eigenvalue weighted by Crippen LogP contribution is 2.39. The van der Waals surface area contributed by atoms with Crippen LogP contribution in [0.5, 0.6) is 0 Å². The second-order valence-corrected chi connectivity index (χ2v) is 6.78. The van der Waals surface area contributed by atoms with Crippen molar-refractivity contribution in [2.75, 3.05) is 7.11 Å². The average molecular weight is 297 g/mol. The van der Waals surface area contributed by atoms with E-state index in [4.69, 9.17) is 4.74 Å². The number of rotatable bonds is 10. The molecule has 0 fully saturated rings. The highest BCUT2D eigenvalue weighted by Gasteiger charge is 2.38. The van der Waals surface area contributed by atoms with Crippen molar-refractivity contribution in [2.24, 2.45) is 11.3 Å². The Morgan fingerprint density at radius 2 is 1.81 bits per heavy atom. The zero-order chi connectivity index (χ0) is 16.7. The lowest BCUT2D eigenvalue weighted by Crippen LogP contribution is -2.50. The van der Waals surface area contributed by atoms with Crippen molar-refractivity contribution >= 4 is 5.91 Å². The molecule has 0 bridgehead atoms. The smallest absolute Gasteiger partial charge is 0.223 e. The van der Waals surface area contributed by atoms with Gasteiger partial charge in [0.2, 0.25) is 5.91 Å². The molecule has 3 unspecified atom stereocenters.